The van der Waals surface area contributed by atoms with Crippen LogP contribution in [0.2, 0.25) is 0 Å². The van der Waals surface area contributed by atoms with E-state index in [1.807, 2.05) is 6.26 Å². The second kappa shape index (κ2) is 7.85. The molecule has 0 radical (unpaired) electrons. The van der Waals surface area contributed by atoms with E-state index in [0.29, 0.717) is 17.3 Å². The minimum atomic E-state index is -1.08. The van der Waals surface area contributed by atoms with Crippen molar-refractivity contribution in [3.05, 3.63) is 11.1 Å². The third kappa shape index (κ3) is 5.17. The van der Waals surface area contributed by atoms with E-state index in [4.69, 9.17) is 5.11 Å². The molecule has 0 aromatic carbocycles. The molecular weight excluding hydrogens is 302 g/mol. The highest BCUT2D eigenvalue weighted by molar-refractivity contribution is 7.98. The summed E-state index contributed by atoms with van der Waals surface area (Å²) in [5.74, 6) is -1.29. The molecule has 0 aliphatic rings. The van der Waals surface area contributed by atoms with Crippen molar-refractivity contribution < 1.29 is 19.5 Å². The van der Waals surface area contributed by atoms with Gasteiger partial charge in [0.15, 0.2) is 5.13 Å². The van der Waals surface area contributed by atoms with E-state index in [-0.39, 0.29) is 11.6 Å². The van der Waals surface area contributed by atoms with E-state index >= 15 is 0 Å². The molecule has 0 aliphatic carbocycles. The standard InChI is InChI=1S/C11H15N3O4S2/c1-6(15)12-11-14-8(5-20-11)9(16)13-7(10(17)18)3-4-19-2/h5,7H,3-4H2,1-2H3,(H,13,16)(H,17,18)(H,12,14,15)/t7-/m1/s1. The minimum absolute atomic E-state index is 0.0918. The van der Waals surface area contributed by atoms with Gasteiger partial charge in [-0.3, -0.25) is 9.59 Å². The van der Waals surface area contributed by atoms with Crippen molar-refractivity contribution in [3.8, 4) is 0 Å². The first kappa shape index (κ1) is 16.4. The number of hydrogen-bond donors (Lipinski definition) is 3. The molecule has 1 aromatic rings. The summed E-state index contributed by atoms with van der Waals surface area (Å²) >= 11 is 2.61. The Bertz CT molecular complexity index is 504. The maximum Gasteiger partial charge on any atom is 0.326 e. The summed E-state index contributed by atoms with van der Waals surface area (Å²) in [4.78, 5) is 37.7. The molecule has 1 aromatic heterocycles. The highest BCUT2D eigenvalue weighted by Crippen LogP contribution is 2.15. The number of aliphatic carboxylic acids is 1. The second-order valence-electron chi connectivity index (χ2n) is 3.86. The normalized spacial score (nSPS) is 11.7. The average Bonchev–Trinajstić information content (AvgIpc) is 2.81. The zero-order chi connectivity index (χ0) is 15.1. The van der Waals surface area contributed by atoms with Crippen molar-refractivity contribution >= 4 is 46.0 Å². The lowest BCUT2D eigenvalue weighted by molar-refractivity contribution is -0.139. The van der Waals surface area contributed by atoms with Crippen molar-refractivity contribution in [2.45, 2.75) is 19.4 Å². The number of hydrogen-bond acceptors (Lipinski definition) is 6. The predicted octanol–water partition coefficient (Wildman–Crippen LogP) is 1.04. The Kier molecular flexibility index (Phi) is 6.46. The number of carbonyl (C=O) groups is 3. The number of anilines is 1. The van der Waals surface area contributed by atoms with Gasteiger partial charge in [-0.2, -0.15) is 11.8 Å². The summed E-state index contributed by atoms with van der Waals surface area (Å²) in [5, 5.41) is 15.7. The Morgan fingerprint density at radius 1 is 1.50 bits per heavy atom. The van der Waals surface area contributed by atoms with Gasteiger partial charge >= 0.3 is 5.97 Å². The Morgan fingerprint density at radius 2 is 2.20 bits per heavy atom. The molecule has 0 unspecified atom stereocenters. The molecule has 0 fully saturated rings. The topological polar surface area (TPSA) is 108 Å². The lowest BCUT2D eigenvalue weighted by Gasteiger charge is -2.12. The van der Waals surface area contributed by atoms with Crippen LogP contribution < -0.4 is 10.6 Å². The SMILES string of the molecule is CSCC[C@@H](NC(=O)c1csc(NC(C)=O)n1)C(=O)O. The van der Waals surface area contributed by atoms with Gasteiger partial charge in [0, 0.05) is 12.3 Å². The first-order valence-corrected chi connectivity index (χ1v) is 7.97. The number of nitrogens with zero attached hydrogens (tertiary/aromatic N) is 1. The lowest BCUT2D eigenvalue weighted by atomic mass is 10.2. The van der Waals surface area contributed by atoms with Crippen LogP contribution >= 0.6 is 23.1 Å². The molecular formula is C11H15N3O4S2. The second-order valence-corrected chi connectivity index (χ2v) is 5.71. The Morgan fingerprint density at radius 3 is 2.75 bits per heavy atom. The summed E-state index contributed by atoms with van der Waals surface area (Å²) < 4.78 is 0. The lowest BCUT2D eigenvalue weighted by Crippen LogP contribution is -2.41. The van der Waals surface area contributed by atoms with Crippen LogP contribution in [0.4, 0.5) is 5.13 Å². The van der Waals surface area contributed by atoms with Gasteiger partial charge in [0.2, 0.25) is 5.91 Å². The molecule has 0 saturated carbocycles. The molecule has 1 rings (SSSR count). The average molecular weight is 317 g/mol. The number of rotatable bonds is 7. The number of thioether (sulfide) groups is 1. The molecule has 9 heteroatoms. The van der Waals surface area contributed by atoms with Gasteiger partial charge in [0.1, 0.15) is 11.7 Å². The molecule has 1 atom stereocenters. The minimum Gasteiger partial charge on any atom is -0.480 e. The van der Waals surface area contributed by atoms with Crippen LogP contribution in [0.15, 0.2) is 5.38 Å². The van der Waals surface area contributed by atoms with Gasteiger partial charge < -0.3 is 15.7 Å². The third-order valence-corrected chi connectivity index (χ3v) is 3.64. The van der Waals surface area contributed by atoms with E-state index in [1.165, 1.54) is 24.1 Å². The van der Waals surface area contributed by atoms with Gasteiger partial charge in [0.05, 0.1) is 0 Å². The fourth-order valence-electron chi connectivity index (χ4n) is 1.31. The molecule has 3 N–H and O–H groups in total. The fourth-order valence-corrected chi connectivity index (χ4v) is 2.52. The number of amides is 2. The van der Waals surface area contributed by atoms with Crippen LogP contribution in [0, 0.1) is 0 Å². The van der Waals surface area contributed by atoms with Gasteiger partial charge in [-0.25, -0.2) is 9.78 Å². The zero-order valence-electron chi connectivity index (χ0n) is 11.0. The molecule has 1 heterocycles. The molecule has 0 spiro atoms. The molecule has 0 bridgehead atoms. The largest absolute Gasteiger partial charge is 0.480 e. The van der Waals surface area contributed by atoms with Crippen molar-refractivity contribution in [2.75, 3.05) is 17.3 Å². The van der Waals surface area contributed by atoms with E-state index in [0.717, 1.165) is 11.3 Å². The van der Waals surface area contributed by atoms with Crippen LogP contribution in [0.5, 0.6) is 0 Å². The number of carbonyl (C=O) groups excluding carboxylic acids is 2. The first-order chi connectivity index (χ1) is 9.43. The highest BCUT2D eigenvalue weighted by Gasteiger charge is 2.21. The molecule has 7 nitrogen and oxygen atoms in total. The zero-order valence-corrected chi connectivity index (χ0v) is 12.6. The van der Waals surface area contributed by atoms with Crippen molar-refractivity contribution in [1.82, 2.24) is 10.3 Å². The molecule has 110 valence electrons. The van der Waals surface area contributed by atoms with Gasteiger partial charge in [-0.1, -0.05) is 0 Å². The Labute approximate surface area is 124 Å². The van der Waals surface area contributed by atoms with Gasteiger partial charge in [-0.05, 0) is 18.4 Å². The number of carboxylic acid groups (broad SMARTS) is 1. The monoisotopic (exact) mass is 317 g/mol. The molecule has 0 aliphatic heterocycles. The number of thiazole rings is 1. The van der Waals surface area contributed by atoms with Crippen LogP contribution in [0.25, 0.3) is 0 Å². The molecule has 0 saturated heterocycles. The van der Waals surface area contributed by atoms with Crippen LogP contribution in [0.1, 0.15) is 23.8 Å². The Balaban J connectivity index is 2.66. The summed E-state index contributed by atoms with van der Waals surface area (Å²) in [6, 6.07) is -0.944. The summed E-state index contributed by atoms with van der Waals surface area (Å²) in [6.45, 7) is 1.34. The van der Waals surface area contributed by atoms with Crippen molar-refractivity contribution in [1.29, 1.82) is 0 Å². The van der Waals surface area contributed by atoms with E-state index in [1.54, 1.807) is 0 Å². The number of nitrogens with one attached hydrogen (secondary N) is 2. The summed E-state index contributed by atoms with van der Waals surface area (Å²) in [7, 11) is 0. The van der Waals surface area contributed by atoms with Crippen molar-refractivity contribution in [2.24, 2.45) is 0 Å². The highest BCUT2D eigenvalue weighted by atomic mass is 32.2. The van der Waals surface area contributed by atoms with Crippen LogP contribution in [0.3, 0.4) is 0 Å². The van der Waals surface area contributed by atoms with Crippen LogP contribution in [-0.4, -0.2) is 45.9 Å². The maximum absolute atomic E-state index is 11.9. The predicted molar refractivity (Wildman–Crippen MR) is 78.3 cm³/mol. The summed E-state index contributed by atoms with van der Waals surface area (Å²) in [6.07, 6.45) is 2.20. The van der Waals surface area contributed by atoms with Gasteiger partial charge in [0.25, 0.3) is 5.91 Å². The fraction of sp³-hybridized carbons (Fsp3) is 0.455. The Hall–Kier alpha value is -1.61. The number of carboxylic acids is 1. The van der Waals surface area contributed by atoms with E-state index in [2.05, 4.69) is 15.6 Å². The smallest absolute Gasteiger partial charge is 0.326 e. The maximum atomic E-state index is 11.9. The number of aromatic nitrogens is 1. The molecule has 20 heavy (non-hydrogen) atoms. The third-order valence-electron chi connectivity index (χ3n) is 2.23. The van der Waals surface area contributed by atoms with E-state index in [9.17, 15) is 14.4 Å². The van der Waals surface area contributed by atoms with Crippen molar-refractivity contribution in [3.63, 3.8) is 0 Å². The van der Waals surface area contributed by atoms with Crippen LogP contribution in [-0.2, 0) is 9.59 Å². The molecule has 2 amide bonds. The van der Waals surface area contributed by atoms with Gasteiger partial charge in [-0.15, -0.1) is 11.3 Å². The summed E-state index contributed by atoms with van der Waals surface area (Å²) in [5.41, 5.74) is 0.0918. The quantitative estimate of drug-likeness (QED) is 0.693. The van der Waals surface area contributed by atoms with E-state index < -0.39 is 17.9 Å². The first-order valence-electron chi connectivity index (χ1n) is 5.69.